The molecule has 104 valence electrons. The minimum absolute atomic E-state index is 0.176. The lowest BCUT2D eigenvalue weighted by Crippen LogP contribution is -2.29. The van der Waals surface area contributed by atoms with E-state index in [2.05, 4.69) is 0 Å². The predicted octanol–water partition coefficient (Wildman–Crippen LogP) is 2.15. The average Bonchev–Trinajstić information content (AvgIpc) is 2.48. The maximum absolute atomic E-state index is 13.0. The molecule has 0 aliphatic carbocycles. The van der Waals surface area contributed by atoms with Crippen LogP contribution in [0.5, 0.6) is 5.75 Å². The molecule has 6 heteroatoms. The number of amides is 1. The summed E-state index contributed by atoms with van der Waals surface area (Å²) >= 11 is 0. The number of halogens is 2. The van der Waals surface area contributed by atoms with Crippen molar-refractivity contribution in [3.8, 4) is 5.75 Å². The third-order valence-corrected chi connectivity index (χ3v) is 2.64. The minimum atomic E-state index is -0.961. The van der Waals surface area contributed by atoms with Crippen LogP contribution in [0.3, 0.4) is 0 Å². The highest BCUT2D eigenvalue weighted by atomic mass is 19.2. The molecule has 0 bridgehead atoms. The van der Waals surface area contributed by atoms with Crippen LogP contribution in [0.25, 0.3) is 0 Å². The molecule has 3 N–H and O–H groups in total. The molecular formula is C14H12F2N2O2. The normalized spacial score (nSPS) is 10.2. The molecule has 0 spiro atoms. The van der Waals surface area contributed by atoms with E-state index >= 15 is 0 Å². The fraction of sp³-hybridized carbons (Fsp3) is 0.0714. The number of hydrazine groups is 1. The third kappa shape index (κ3) is 3.30. The number of carbonyl (C=O) groups is 1. The summed E-state index contributed by atoms with van der Waals surface area (Å²) in [6.07, 6.45) is 0. The molecule has 0 atom stereocenters. The first-order valence-corrected chi connectivity index (χ1v) is 5.78. The lowest BCUT2D eigenvalue weighted by atomic mass is 10.1. The molecule has 0 aromatic heterocycles. The second-order valence-electron chi connectivity index (χ2n) is 4.03. The molecule has 0 heterocycles. The molecule has 1 amide bonds. The highest BCUT2D eigenvalue weighted by Gasteiger charge is 2.05. The van der Waals surface area contributed by atoms with E-state index in [1.165, 1.54) is 6.07 Å². The van der Waals surface area contributed by atoms with Crippen LogP contribution in [-0.2, 0) is 6.61 Å². The van der Waals surface area contributed by atoms with E-state index in [9.17, 15) is 13.6 Å². The molecule has 0 aliphatic heterocycles. The number of nitrogens with two attached hydrogens (primary N) is 1. The van der Waals surface area contributed by atoms with Crippen LogP contribution in [0, 0.1) is 11.6 Å². The van der Waals surface area contributed by atoms with Crippen molar-refractivity contribution >= 4 is 5.91 Å². The molecule has 2 aromatic carbocycles. The Morgan fingerprint density at radius 3 is 2.40 bits per heavy atom. The lowest BCUT2D eigenvalue weighted by Gasteiger charge is -2.07. The first kappa shape index (κ1) is 14.0. The SMILES string of the molecule is NNC(=O)c1ccc(COc2ccc(F)c(F)c2)cc1. The summed E-state index contributed by atoms with van der Waals surface area (Å²) in [4.78, 5) is 11.2. The van der Waals surface area contributed by atoms with Gasteiger partial charge in [0.05, 0.1) is 0 Å². The van der Waals surface area contributed by atoms with E-state index in [-0.39, 0.29) is 12.4 Å². The standard InChI is InChI=1S/C14H12F2N2O2/c15-12-6-5-11(7-13(12)16)20-8-9-1-3-10(4-2-9)14(19)18-17/h1-7H,8,17H2,(H,18,19). The van der Waals surface area contributed by atoms with Gasteiger partial charge in [-0.2, -0.15) is 0 Å². The highest BCUT2D eigenvalue weighted by Crippen LogP contribution is 2.17. The molecule has 0 unspecified atom stereocenters. The van der Waals surface area contributed by atoms with Crippen molar-refractivity contribution in [1.29, 1.82) is 0 Å². The Hall–Kier alpha value is -2.47. The number of nitrogen functional groups attached to an aromatic ring is 1. The van der Waals surface area contributed by atoms with Gasteiger partial charge in [0.15, 0.2) is 11.6 Å². The predicted molar refractivity (Wildman–Crippen MR) is 68.8 cm³/mol. The molecule has 0 radical (unpaired) electrons. The summed E-state index contributed by atoms with van der Waals surface area (Å²) in [6.45, 7) is 0.176. The van der Waals surface area contributed by atoms with Crippen molar-refractivity contribution in [2.24, 2.45) is 5.84 Å². The van der Waals surface area contributed by atoms with Gasteiger partial charge in [-0.15, -0.1) is 0 Å². The van der Waals surface area contributed by atoms with Crippen molar-refractivity contribution in [3.05, 3.63) is 65.2 Å². The molecular weight excluding hydrogens is 266 g/mol. The van der Waals surface area contributed by atoms with E-state index in [0.29, 0.717) is 5.56 Å². The van der Waals surface area contributed by atoms with Gasteiger partial charge in [0.2, 0.25) is 0 Å². The number of carbonyl (C=O) groups excluding carboxylic acids is 1. The molecule has 2 rings (SSSR count). The second kappa shape index (κ2) is 6.12. The van der Waals surface area contributed by atoms with Gasteiger partial charge in [0.1, 0.15) is 12.4 Å². The summed E-state index contributed by atoms with van der Waals surface area (Å²) in [5.41, 5.74) is 3.22. The third-order valence-electron chi connectivity index (χ3n) is 2.64. The smallest absolute Gasteiger partial charge is 0.265 e. The number of nitrogens with one attached hydrogen (secondary N) is 1. The average molecular weight is 278 g/mol. The molecule has 2 aromatic rings. The van der Waals surface area contributed by atoms with E-state index in [0.717, 1.165) is 17.7 Å². The molecule has 4 nitrogen and oxygen atoms in total. The largest absolute Gasteiger partial charge is 0.489 e. The maximum atomic E-state index is 13.0. The molecule has 20 heavy (non-hydrogen) atoms. The minimum Gasteiger partial charge on any atom is -0.489 e. The van der Waals surface area contributed by atoms with Crippen molar-refractivity contribution < 1.29 is 18.3 Å². The van der Waals surface area contributed by atoms with E-state index in [1.54, 1.807) is 24.3 Å². The van der Waals surface area contributed by atoms with Crippen LogP contribution < -0.4 is 16.0 Å². The summed E-state index contributed by atoms with van der Waals surface area (Å²) in [7, 11) is 0. The van der Waals surface area contributed by atoms with Gasteiger partial charge < -0.3 is 4.74 Å². The highest BCUT2D eigenvalue weighted by molar-refractivity contribution is 5.93. The van der Waals surface area contributed by atoms with Gasteiger partial charge in [-0.25, -0.2) is 14.6 Å². The second-order valence-corrected chi connectivity index (χ2v) is 4.03. The maximum Gasteiger partial charge on any atom is 0.265 e. The molecule has 0 saturated heterocycles. The number of hydrogen-bond acceptors (Lipinski definition) is 3. The van der Waals surface area contributed by atoms with Crippen LogP contribution in [0.15, 0.2) is 42.5 Å². The number of hydrogen-bond donors (Lipinski definition) is 2. The molecule has 0 saturated carbocycles. The van der Waals surface area contributed by atoms with Crippen LogP contribution in [-0.4, -0.2) is 5.91 Å². The number of benzene rings is 2. The van der Waals surface area contributed by atoms with Gasteiger partial charge in [-0.1, -0.05) is 12.1 Å². The van der Waals surface area contributed by atoms with Crippen molar-refractivity contribution in [2.75, 3.05) is 0 Å². The van der Waals surface area contributed by atoms with Gasteiger partial charge in [-0.05, 0) is 29.8 Å². The quantitative estimate of drug-likeness (QED) is 0.511. The lowest BCUT2D eigenvalue weighted by molar-refractivity contribution is 0.0953. The zero-order valence-corrected chi connectivity index (χ0v) is 10.4. The summed E-state index contributed by atoms with van der Waals surface area (Å²) in [5.74, 6) is 2.97. The van der Waals surface area contributed by atoms with Crippen LogP contribution >= 0.6 is 0 Å². The van der Waals surface area contributed by atoms with E-state index in [4.69, 9.17) is 10.6 Å². The Kier molecular flexibility index (Phi) is 4.27. The van der Waals surface area contributed by atoms with Gasteiger partial charge >= 0.3 is 0 Å². The van der Waals surface area contributed by atoms with Crippen LogP contribution in [0.2, 0.25) is 0 Å². The fourth-order valence-electron chi connectivity index (χ4n) is 1.57. The Morgan fingerprint density at radius 1 is 1.10 bits per heavy atom. The van der Waals surface area contributed by atoms with Gasteiger partial charge in [0.25, 0.3) is 5.91 Å². The van der Waals surface area contributed by atoms with E-state index < -0.39 is 17.5 Å². The summed E-state index contributed by atoms with van der Waals surface area (Å²) in [5, 5.41) is 0. The molecule has 0 fully saturated rings. The summed E-state index contributed by atoms with van der Waals surface area (Å²) in [6, 6.07) is 9.87. The van der Waals surface area contributed by atoms with Crippen molar-refractivity contribution in [1.82, 2.24) is 5.43 Å². The zero-order chi connectivity index (χ0) is 14.5. The first-order valence-electron chi connectivity index (χ1n) is 5.78. The van der Waals surface area contributed by atoms with E-state index in [1.807, 2.05) is 5.43 Å². The number of ether oxygens (including phenoxy) is 1. The number of rotatable bonds is 4. The first-order chi connectivity index (χ1) is 9.60. The Bertz CT molecular complexity index is 615. The Labute approximate surface area is 114 Å². The fourth-order valence-corrected chi connectivity index (χ4v) is 1.57. The van der Waals surface area contributed by atoms with Gasteiger partial charge in [-0.3, -0.25) is 10.2 Å². The Morgan fingerprint density at radius 2 is 1.80 bits per heavy atom. The Balaban J connectivity index is 2.00. The zero-order valence-electron chi connectivity index (χ0n) is 10.4. The van der Waals surface area contributed by atoms with Crippen LogP contribution in [0.4, 0.5) is 8.78 Å². The summed E-state index contributed by atoms with van der Waals surface area (Å²) < 4.78 is 31.0. The van der Waals surface area contributed by atoms with Crippen molar-refractivity contribution in [2.45, 2.75) is 6.61 Å². The van der Waals surface area contributed by atoms with Crippen molar-refractivity contribution in [3.63, 3.8) is 0 Å². The van der Waals surface area contributed by atoms with Gasteiger partial charge in [0, 0.05) is 11.6 Å². The monoisotopic (exact) mass is 278 g/mol. The molecule has 0 aliphatic rings. The topological polar surface area (TPSA) is 64.3 Å². The van der Waals surface area contributed by atoms with Crippen LogP contribution in [0.1, 0.15) is 15.9 Å².